The van der Waals surface area contributed by atoms with Crippen LogP contribution in [0.2, 0.25) is 0 Å². The third-order valence-corrected chi connectivity index (χ3v) is 4.07. The van der Waals surface area contributed by atoms with E-state index in [1.54, 1.807) is 30.3 Å². The second kappa shape index (κ2) is 8.05. The van der Waals surface area contributed by atoms with Crippen LogP contribution in [0.1, 0.15) is 21.5 Å². The van der Waals surface area contributed by atoms with E-state index in [4.69, 9.17) is 11.5 Å². The van der Waals surface area contributed by atoms with Crippen LogP contribution in [-0.4, -0.2) is 16.7 Å². The van der Waals surface area contributed by atoms with Gasteiger partial charge in [-0.1, -0.05) is 42.5 Å². The van der Waals surface area contributed by atoms with Gasteiger partial charge in [-0.2, -0.15) is 5.10 Å². The van der Waals surface area contributed by atoms with Gasteiger partial charge in [0, 0.05) is 17.8 Å². The number of carbonyl (C=O) groups is 1. The highest BCUT2D eigenvalue weighted by molar-refractivity contribution is 6.04. The molecule has 0 aliphatic rings. The van der Waals surface area contributed by atoms with Crippen molar-refractivity contribution < 1.29 is 9.90 Å². The summed E-state index contributed by atoms with van der Waals surface area (Å²) in [6.45, 7) is 0. The van der Waals surface area contributed by atoms with E-state index in [9.17, 15) is 9.90 Å². The van der Waals surface area contributed by atoms with Crippen LogP contribution >= 0.6 is 0 Å². The molecule has 3 aromatic rings. The number of nitrogen functional groups attached to an aromatic ring is 2. The third kappa shape index (κ3) is 4.43. The molecule has 0 saturated carbocycles. The lowest BCUT2D eigenvalue weighted by atomic mass is 10.0. The highest BCUT2D eigenvalue weighted by atomic mass is 16.3. The summed E-state index contributed by atoms with van der Waals surface area (Å²) in [6.07, 6.45) is 0.391. The molecule has 3 aromatic carbocycles. The van der Waals surface area contributed by atoms with Crippen molar-refractivity contribution in [2.75, 3.05) is 11.5 Å². The molecule has 136 valence electrons. The Bertz CT molecular complexity index is 984. The number of benzene rings is 3. The van der Waals surface area contributed by atoms with E-state index in [2.05, 4.69) is 10.5 Å². The molecule has 0 bridgehead atoms. The molecule has 3 rings (SSSR count). The van der Waals surface area contributed by atoms with Crippen molar-refractivity contribution in [2.45, 2.75) is 6.42 Å². The lowest BCUT2D eigenvalue weighted by Gasteiger charge is -2.11. The summed E-state index contributed by atoms with van der Waals surface area (Å²) >= 11 is 0. The Kier molecular flexibility index (Phi) is 5.37. The van der Waals surface area contributed by atoms with E-state index in [0.717, 1.165) is 11.1 Å². The van der Waals surface area contributed by atoms with E-state index >= 15 is 0 Å². The Morgan fingerprint density at radius 1 is 0.963 bits per heavy atom. The van der Waals surface area contributed by atoms with E-state index in [0.29, 0.717) is 23.5 Å². The van der Waals surface area contributed by atoms with Crippen LogP contribution in [0, 0.1) is 0 Å². The van der Waals surface area contributed by atoms with Gasteiger partial charge in [0.2, 0.25) is 0 Å². The maximum Gasteiger partial charge on any atom is 0.275 e. The Morgan fingerprint density at radius 3 is 2.41 bits per heavy atom. The molecule has 27 heavy (non-hydrogen) atoms. The van der Waals surface area contributed by atoms with Gasteiger partial charge >= 0.3 is 0 Å². The van der Waals surface area contributed by atoms with Gasteiger partial charge < -0.3 is 16.6 Å². The summed E-state index contributed by atoms with van der Waals surface area (Å²) in [5.41, 5.74) is 18.1. The molecule has 6 heteroatoms. The molecule has 0 unspecified atom stereocenters. The first-order valence-corrected chi connectivity index (χ1v) is 8.39. The molecule has 6 nitrogen and oxygen atoms in total. The van der Waals surface area contributed by atoms with Gasteiger partial charge in [-0.25, -0.2) is 5.43 Å². The number of hydrogen-bond donors (Lipinski definition) is 4. The summed E-state index contributed by atoms with van der Waals surface area (Å²) in [4.78, 5) is 12.4. The molecule has 0 saturated heterocycles. The number of nitrogens with zero attached hydrogens (tertiary/aromatic N) is 1. The summed E-state index contributed by atoms with van der Waals surface area (Å²) < 4.78 is 0. The summed E-state index contributed by atoms with van der Waals surface area (Å²) in [6, 6.07) is 21.0. The zero-order valence-corrected chi connectivity index (χ0v) is 14.6. The third-order valence-electron chi connectivity index (χ3n) is 4.07. The number of phenolic OH excluding ortho intramolecular Hbond substituents is 1. The highest BCUT2D eigenvalue weighted by Gasteiger charge is 2.12. The summed E-state index contributed by atoms with van der Waals surface area (Å²) in [5, 5.41) is 14.1. The molecule has 1 amide bonds. The molecule has 6 N–H and O–H groups in total. The van der Waals surface area contributed by atoms with Crippen molar-refractivity contribution in [3.8, 4) is 5.75 Å². The second-order valence-corrected chi connectivity index (χ2v) is 6.02. The molecule has 0 aromatic heterocycles. The molecular formula is C21H20N4O2. The quantitative estimate of drug-likeness (QED) is 0.318. The topological polar surface area (TPSA) is 114 Å². The van der Waals surface area contributed by atoms with E-state index in [1.165, 1.54) is 12.1 Å². The minimum atomic E-state index is -0.498. The zero-order chi connectivity index (χ0) is 19.2. The standard InChI is InChI=1S/C21H20N4O2/c22-16-10-11-18(23)15(12-16)13-19(14-6-2-1-3-7-14)24-25-21(27)17-8-4-5-9-20(17)26/h1-12,26H,13,22-23H2,(H,25,27). The van der Waals surface area contributed by atoms with Gasteiger partial charge in [0.25, 0.3) is 5.91 Å². The van der Waals surface area contributed by atoms with Crippen LogP contribution in [0.15, 0.2) is 77.9 Å². The average molecular weight is 360 g/mol. The predicted octanol–water partition coefficient (Wildman–Crippen LogP) is 2.93. The molecular weight excluding hydrogens is 340 g/mol. The van der Waals surface area contributed by atoms with Gasteiger partial charge in [-0.05, 0) is 41.5 Å². The zero-order valence-electron chi connectivity index (χ0n) is 14.6. The Balaban J connectivity index is 1.90. The van der Waals surface area contributed by atoms with Crippen LogP contribution in [-0.2, 0) is 6.42 Å². The highest BCUT2D eigenvalue weighted by Crippen LogP contribution is 2.19. The summed E-state index contributed by atoms with van der Waals surface area (Å²) in [5.74, 6) is -0.603. The maximum atomic E-state index is 12.4. The summed E-state index contributed by atoms with van der Waals surface area (Å²) in [7, 11) is 0. The van der Waals surface area contributed by atoms with Crippen molar-refractivity contribution in [1.82, 2.24) is 5.43 Å². The Labute approximate surface area is 157 Å². The number of hydrogen-bond acceptors (Lipinski definition) is 5. The number of para-hydroxylation sites is 1. The first-order chi connectivity index (χ1) is 13.0. The van der Waals surface area contributed by atoms with Crippen molar-refractivity contribution in [1.29, 1.82) is 0 Å². The molecule has 0 heterocycles. The fourth-order valence-corrected chi connectivity index (χ4v) is 2.64. The predicted molar refractivity (Wildman–Crippen MR) is 108 cm³/mol. The Morgan fingerprint density at radius 2 is 1.67 bits per heavy atom. The van der Waals surface area contributed by atoms with Crippen LogP contribution in [0.4, 0.5) is 11.4 Å². The average Bonchev–Trinajstić information content (AvgIpc) is 2.68. The van der Waals surface area contributed by atoms with E-state index in [-0.39, 0.29) is 11.3 Å². The number of nitrogens with two attached hydrogens (primary N) is 2. The SMILES string of the molecule is Nc1ccc(N)c(CC(=NNC(=O)c2ccccc2O)c2ccccc2)c1. The maximum absolute atomic E-state index is 12.4. The largest absolute Gasteiger partial charge is 0.507 e. The lowest BCUT2D eigenvalue weighted by molar-refractivity contribution is 0.0952. The van der Waals surface area contributed by atoms with Crippen molar-refractivity contribution in [3.63, 3.8) is 0 Å². The normalized spacial score (nSPS) is 11.2. The van der Waals surface area contributed by atoms with Crippen molar-refractivity contribution >= 4 is 23.0 Å². The first kappa shape index (κ1) is 18.0. The number of phenols is 1. The molecule has 0 atom stereocenters. The molecule has 0 aliphatic heterocycles. The number of hydrazone groups is 1. The first-order valence-electron chi connectivity index (χ1n) is 8.39. The second-order valence-electron chi connectivity index (χ2n) is 6.02. The van der Waals surface area contributed by atoms with Gasteiger partial charge in [0.05, 0.1) is 11.3 Å². The smallest absolute Gasteiger partial charge is 0.275 e. The number of aromatic hydroxyl groups is 1. The molecule has 0 radical (unpaired) electrons. The number of carbonyl (C=O) groups excluding carboxylic acids is 1. The minimum Gasteiger partial charge on any atom is -0.507 e. The van der Waals surface area contributed by atoms with Crippen molar-refractivity contribution in [3.05, 3.63) is 89.5 Å². The minimum absolute atomic E-state index is 0.105. The van der Waals surface area contributed by atoms with E-state index < -0.39 is 5.91 Å². The number of anilines is 2. The lowest BCUT2D eigenvalue weighted by Crippen LogP contribution is -2.21. The van der Waals surface area contributed by atoms with Crippen LogP contribution in [0.25, 0.3) is 0 Å². The van der Waals surface area contributed by atoms with Crippen molar-refractivity contribution in [2.24, 2.45) is 5.10 Å². The van der Waals surface area contributed by atoms with Gasteiger partial charge in [0.15, 0.2) is 0 Å². The molecule has 0 fully saturated rings. The molecule has 0 spiro atoms. The number of nitrogens with one attached hydrogen (secondary N) is 1. The van der Waals surface area contributed by atoms with Crippen LogP contribution in [0.3, 0.4) is 0 Å². The van der Waals surface area contributed by atoms with Gasteiger partial charge in [0.1, 0.15) is 5.75 Å². The fourth-order valence-electron chi connectivity index (χ4n) is 2.64. The van der Waals surface area contributed by atoms with E-state index in [1.807, 2.05) is 30.3 Å². The fraction of sp³-hybridized carbons (Fsp3) is 0.0476. The van der Waals surface area contributed by atoms with Crippen LogP contribution in [0.5, 0.6) is 5.75 Å². The van der Waals surface area contributed by atoms with Gasteiger partial charge in [-0.15, -0.1) is 0 Å². The van der Waals surface area contributed by atoms with Gasteiger partial charge in [-0.3, -0.25) is 4.79 Å². The number of rotatable bonds is 5. The number of amides is 1. The Hall–Kier alpha value is -3.80. The molecule has 0 aliphatic carbocycles. The monoisotopic (exact) mass is 360 g/mol. The van der Waals surface area contributed by atoms with Crippen LogP contribution < -0.4 is 16.9 Å².